The van der Waals surface area contributed by atoms with Crippen LogP contribution in [0.4, 0.5) is 4.79 Å². The minimum atomic E-state index is -0.999. The third-order valence-corrected chi connectivity index (χ3v) is 8.71. The van der Waals surface area contributed by atoms with E-state index in [4.69, 9.17) is 4.98 Å². The number of aromatic nitrogens is 1. The molecule has 2 saturated heterocycles. The average molecular weight is 481 g/mol. The molecule has 0 saturated carbocycles. The van der Waals surface area contributed by atoms with Crippen molar-refractivity contribution in [1.82, 2.24) is 20.5 Å². The zero-order valence-electron chi connectivity index (χ0n) is 18.2. The Hall–Kier alpha value is -2.91. The van der Waals surface area contributed by atoms with Crippen molar-refractivity contribution in [3.05, 3.63) is 59.1 Å². The molecule has 2 aliphatic heterocycles. The number of thiazole rings is 1. The number of hydrogen-bond donors (Lipinski definition) is 2. The predicted octanol–water partition coefficient (Wildman–Crippen LogP) is 4.01. The first-order valence-electron chi connectivity index (χ1n) is 10.9. The average Bonchev–Trinajstić information content (AvgIpc) is 3.37. The molecule has 33 heavy (non-hydrogen) atoms. The number of likely N-dealkylation sites (tertiary alicyclic amines) is 1. The van der Waals surface area contributed by atoms with E-state index in [1.807, 2.05) is 47.4 Å². The summed E-state index contributed by atoms with van der Waals surface area (Å²) in [5.74, 6) is 0.215. The molecular formula is C24H24N4O3S2. The fourth-order valence-corrected chi connectivity index (χ4v) is 6.50. The second kappa shape index (κ2) is 8.79. The lowest BCUT2D eigenvalue weighted by atomic mass is 9.98. The van der Waals surface area contributed by atoms with Gasteiger partial charge in [0.15, 0.2) is 0 Å². The number of nitrogens with zero attached hydrogens (tertiary/aromatic N) is 2. The number of benzene rings is 2. The molecule has 2 unspecified atom stereocenters. The number of thioether (sulfide) groups is 1. The number of nitrogens with one attached hydrogen (secondary N) is 2. The van der Waals surface area contributed by atoms with Gasteiger partial charge in [0.2, 0.25) is 0 Å². The van der Waals surface area contributed by atoms with Crippen molar-refractivity contribution in [2.24, 2.45) is 0 Å². The van der Waals surface area contributed by atoms with Crippen LogP contribution in [0.25, 0.3) is 10.2 Å². The van der Waals surface area contributed by atoms with Crippen molar-refractivity contribution in [2.75, 3.05) is 18.8 Å². The maximum atomic E-state index is 13.5. The molecular weight excluding hydrogens is 456 g/mol. The van der Waals surface area contributed by atoms with Crippen molar-refractivity contribution in [3.63, 3.8) is 0 Å². The Balaban J connectivity index is 1.32. The summed E-state index contributed by atoms with van der Waals surface area (Å²) in [6.07, 6.45) is 1.96. The summed E-state index contributed by atoms with van der Waals surface area (Å²) in [6, 6.07) is 15.1. The van der Waals surface area contributed by atoms with Gasteiger partial charge in [-0.15, -0.1) is 23.1 Å². The van der Waals surface area contributed by atoms with Crippen molar-refractivity contribution in [3.8, 4) is 0 Å². The standard InChI is InChI=1S/C24H24N4O3S2/c1-24(22(30)26-23(31)27-24)14-32-18-10-4-2-8-16(18)21(29)28-12-6-7-15(13-28)20-25-17-9-3-5-11-19(17)33-20/h2-5,8-11,15H,6-7,12-14H2,1H3,(H2,26,27,30,31). The molecule has 3 heterocycles. The Morgan fingerprint density at radius 3 is 2.79 bits per heavy atom. The van der Waals surface area contributed by atoms with Crippen LogP contribution in [0.5, 0.6) is 0 Å². The first kappa shape index (κ1) is 21.9. The van der Waals surface area contributed by atoms with Gasteiger partial charge in [-0.3, -0.25) is 14.9 Å². The van der Waals surface area contributed by atoms with E-state index in [-0.39, 0.29) is 17.7 Å². The molecule has 2 fully saturated rings. The maximum absolute atomic E-state index is 13.5. The minimum absolute atomic E-state index is 0.00558. The molecule has 2 atom stereocenters. The van der Waals surface area contributed by atoms with Gasteiger partial charge in [0, 0.05) is 29.7 Å². The Bertz CT molecular complexity index is 1210. The number of carbonyl (C=O) groups is 3. The van der Waals surface area contributed by atoms with Gasteiger partial charge >= 0.3 is 6.03 Å². The molecule has 7 nitrogen and oxygen atoms in total. The van der Waals surface area contributed by atoms with E-state index in [1.54, 1.807) is 18.3 Å². The SMILES string of the molecule is CC1(CSc2ccccc2C(=O)N2CCCC(c3nc4ccccc4s3)C2)NC(=O)NC1=O. The lowest BCUT2D eigenvalue weighted by Crippen LogP contribution is -2.46. The van der Waals surface area contributed by atoms with Crippen LogP contribution < -0.4 is 10.6 Å². The van der Waals surface area contributed by atoms with Crippen molar-refractivity contribution < 1.29 is 14.4 Å². The van der Waals surface area contributed by atoms with Crippen LogP contribution in [0.1, 0.15) is 41.0 Å². The molecule has 170 valence electrons. The minimum Gasteiger partial charge on any atom is -0.338 e. The van der Waals surface area contributed by atoms with Crippen molar-refractivity contribution in [2.45, 2.75) is 36.1 Å². The summed E-state index contributed by atoms with van der Waals surface area (Å²) in [4.78, 5) is 44.7. The van der Waals surface area contributed by atoms with Gasteiger partial charge in [-0.2, -0.15) is 0 Å². The summed E-state index contributed by atoms with van der Waals surface area (Å²) in [7, 11) is 0. The molecule has 0 aliphatic carbocycles. The van der Waals surface area contributed by atoms with E-state index in [2.05, 4.69) is 16.7 Å². The van der Waals surface area contributed by atoms with E-state index in [1.165, 1.54) is 16.5 Å². The third-order valence-electron chi connectivity index (χ3n) is 6.12. The van der Waals surface area contributed by atoms with Gasteiger partial charge in [0.1, 0.15) is 5.54 Å². The molecule has 3 aromatic rings. The number of hydrogen-bond acceptors (Lipinski definition) is 6. The fourth-order valence-electron chi connectivity index (χ4n) is 4.27. The predicted molar refractivity (Wildman–Crippen MR) is 130 cm³/mol. The van der Waals surface area contributed by atoms with Crippen LogP contribution in [0.15, 0.2) is 53.4 Å². The number of rotatable bonds is 5. The smallest absolute Gasteiger partial charge is 0.322 e. The largest absolute Gasteiger partial charge is 0.338 e. The molecule has 0 bridgehead atoms. The summed E-state index contributed by atoms with van der Waals surface area (Å²) in [6.45, 7) is 3.06. The van der Waals surface area contributed by atoms with Crippen molar-refractivity contribution in [1.29, 1.82) is 0 Å². The number of imide groups is 1. The topological polar surface area (TPSA) is 91.4 Å². The van der Waals surface area contributed by atoms with Crippen LogP contribution >= 0.6 is 23.1 Å². The molecule has 1 aromatic heterocycles. The summed E-state index contributed by atoms with van der Waals surface area (Å²) in [5, 5.41) is 6.05. The number of urea groups is 1. The quantitative estimate of drug-likeness (QED) is 0.425. The number of para-hydroxylation sites is 1. The highest BCUT2D eigenvalue weighted by Gasteiger charge is 2.42. The van der Waals surface area contributed by atoms with Gasteiger partial charge in [-0.05, 0) is 44.0 Å². The highest BCUT2D eigenvalue weighted by Crippen LogP contribution is 2.34. The monoisotopic (exact) mass is 480 g/mol. The zero-order valence-corrected chi connectivity index (χ0v) is 19.8. The molecule has 9 heteroatoms. The molecule has 2 aromatic carbocycles. The molecule has 0 spiro atoms. The highest BCUT2D eigenvalue weighted by atomic mass is 32.2. The summed E-state index contributed by atoms with van der Waals surface area (Å²) in [5.41, 5.74) is 0.640. The van der Waals surface area contributed by atoms with Crippen LogP contribution in [0, 0.1) is 0 Å². The molecule has 5 rings (SSSR count). The van der Waals surface area contributed by atoms with Gasteiger partial charge in [-0.1, -0.05) is 24.3 Å². The lowest BCUT2D eigenvalue weighted by molar-refractivity contribution is -0.122. The van der Waals surface area contributed by atoms with Gasteiger partial charge in [0.05, 0.1) is 20.8 Å². The van der Waals surface area contributed by atoms with Crippen LogP contribution in [0.2, 0.25) is 0 Å². The highest BCUT2D eigenvalue weighted by molar-refractivity contribution is 7.99. The van der Waals surface area contributed by atoms with Crippen molar-refractivity contribution >= 4 is 51.2 Å². The Morgan fingerprint density at radius 1 is 1.21 bits per heavy atom. The van der Waals surface area contributed by atoms with E-state index < -0.39 is 11.6 Å². The van der Waals surface area contributed by atoms with Gasteiger partial charge in [0.25, 0.3) is 11.8 Å². The molecule has 2 aliphatic rings. The van der Waals surface area contributed by atoms with Crippen LogP contribution in [-0.4, -0.2) is 52.1 Å². The number of piperidine rings is 1. The van der Waals surface area contributed by atoms with Gasteiger partial charge < -0.3 is 10.2 Å². The third kappa shape index (κ3) is 4.35. The number of amides is 4. The molecule has 2 N–H and O–H groups in total. The maximum Gasteiger partial charge on any atom is 0.322 e. The molecule has 4 amide bonds. The Kier molecular flexibility index (Phi) is 5.84. The van der Waals surface area contributed by atoms with E-state index in [0.29, 0.717) is 17.9 Å². The van der Waals surface area contributed by atoms with E-state index in [9.17, 15) is 14.4 Å². The summed E-state index contributed by atoms with van der Waals surface area (Å²) >= 11 is 3.12. The zero-order chi connectivity index (χ0) is 23.0. The second-order valence-electron chi connectivity index (χ2n) is 8.64. The van der Waals surface area contributed by atoms with Crippen LogP contribution in [-0.2, 0) is 4.79 Å². The number of carbonyl (C=O) groups excluding carboxylic acids is 3. The second-order valence-corrected chi connectivity index (χ2v) is 10.7. The normalized spacial score (nSPS) is 22.9. The van der Waals surface area contributed by atoms with Gasteiger partial charge in [-0.25, -0.2) is 9.78 Å². The van der Waals surface area contributed by atoms with E-state index >= 15 is 0 Å². The number of fused-ring (bicyclic) bond motifs is 1. The Labute approximate surface area is 200 Å². The lowest BCUT2D eigenvalue weighted by Gasteiger charge is -2.32. The first-order valence-corrected chi connectivity index (χ1v) is 12.7. The Morgan fingerprint density at radius 2 is 2.00 bits per heavy atom. The molecule has 0 radical (unpaired) electrons. The summed E-state index contributed by atoms with van der Waals surface area (Å²) < 4.78 is 1.18. The van der Waals surface area contributed by atoms with Crippen LogP contribution in [0.3, 0.4) is 0 Å². The first-order chi connectivity index (χ1) is 15.9. The van der Waals surface area contributed by atoms with E-state index in [0.717, 1.165) is 34.8 Å². The fraction of sp³-hybridized carbons (Fsp3) is 0.333.